The van der Waals surface area contributed by atoms with Crippen molar-refractivity contribution in [3.05, 3.63) is 170 Å². The molecule has 0 aliphatic heterocycles. The molecule has 0 aliphatic carbocycles. The van der Waals surface area contributed by atoms with Crippen LogP contribution in [0.25, 0.3) is 0 Å². The Kier molecular flexibility index (Phi) is 33.5. The largest absolute Gasteiger partial charge is 0.379 e. The van der Waals surface area contributed by atoms with Gasteiger partial charge in [0.25, 0.3) is 0 Å². The van der Waals surface area contributed by atoms with E-state index in [1.807, 2.05) is 0 Å². The first kappa shape index (κ1) is 61.3. The van der Waals surface area contributed by atoms with Gasteiger partial charge >= 0.3 is 0 Å². The van der Waals surface area contributed by atoms with Crippen molar-refractivity contribution < 1.29 is 4.74 Å². The predicted molar refractivity (Wildman–Crippen MR) is 297 cm³/mol. The fourth-order valence-electron chi connectivity index (χ4n) is 9.14. The van der Waals surface area contributed by atoms with Crippen molar-refractivity contribution in [3.8, 4) is 0 Å². The molecule has 0 spiro atoms. The molecule has 0 bridgehead atoms. The minimum absolute atomic E-state index is 0.461. The van der Waals surface area contributed by atoms with Crippen LogP contribution in [0.4, 0.5) is 0 Å². The first-order valence-electron chi connectivity index (χ1n) is 26.6. The van der Waals surface area contributed by atoms with Crippen molar-refractivity contribution in [2.45, 2.75) is 187 Å². The summed E-state index contributed by atoms with van der Waals surface area (Å²) in [5.74, 6) is 0. The van der Waals surface area contributed by atoms with Gasteiger partial charge in [-0.2, -0.15) is 0 Å². The average Bonchev–Trinajstić information content (AvgIpc) is 3.33. The number of allylic oxidation sites excluding steroid dienone is 26. The van der Waals surface area contributed by atoms with Gasteiger partial charge in [-0.15, -0.1) is 0 Å². The van der Waals surface area contributed by atoms with Gasteiger partial charge in [-0.25, -0.2) is 0 Å². The molecule has 1 heteroatoms. The summed E-state index contributed by atoms with van der Waals surface area (Å²) in [5.41, 5.74) is -3.48. The molecule has 1 nitrogen and oxygen atoms in total. The number of rotatable bonds is 36. The zero-order valence-electron chi connectivity index (χ0n) is 44.9. The molecule has 0 radical (unpaired) electrons. The van der Waals surface area contributed by atoms with E-state index in [9.17, 15) is 0 Å². The van der Waals surface area contributed by atoms with Crippen molar-refractivity contribution in [1.29, 1.82) is 0 Å². The maximum Gasteiger partial charge on any atom is 0.0586 e. The molecule has 0 saturated carbocycles. The van der Waals surface area contributed by atoms with Gasteiger partial charge in [-0.05, 0) is 89.9 Å². The van der Waals surface area contributed by atoms with Crippen LogP contribution in [0.1, 0.15) is 187 Å². The monoisotopic (exact) mass is 887 g/mol. The zero-order chi connectivity index (χ0) is 48.8. The molecule has 0 aromatic rings. The molecule has 0 aliphatic rings. The molecule has 0 atom stereocenters. The van der Waals surface area contributed by atoms with Crippen LogP contribution < -0.4 is 0 Å². The molecule has 0 N–H and O–H groups in total. The van der Waals surface area contributed by atoms with Gasteiger partial charge < -0.3 is 4.74 Å². The summed E-state index contributed by atoms with van der Waals surface area (Å²) in [4.78, 5) is 0. The van der Waals surface area contributed by atoms with Crippen LogP contribution in [0.2, 0.25) is 0 Å². The molecular formula is C64H102O. The van der Waals surface area contributed by atoms with E-state index < -0.39 is 32.5 Å². The molecule has 0 amide bonds. The van der Waals surface area contributed by atoms with Crippen molar-refractivity contribution in [1.82, 2.24) is 0 Å². The molecular weight excluding hydrogens is 785 g/mol. The highest BCUT2D eigenvalue weighted by Gasteiger charge is 2.59. The molecule has 0 unspecified atom stereocenters. The number of hydrogen-bond acceptors (Lipinski definition) is 1. The van der Waals surface area contributed by atoms with Crippen molar-refractivity contribution in [2.24, 2.45) is 32.5 Å². The van der Waals surface area contributed by atoms with E-state index in [0.29, 0.717) is 13.2 Å². The lowest BCUT2D eigenvalue weighted by molar-refractivity contribution is -0.0535. The highest BCUT2D eigenvalue weighted by atomic mass is 16.5. The summed E-state index contributed by atoms with van der Waals surface area (Å²) < 4.78 is 8.03. The minimum atomic E-state index is -0.636. The first-order valence-corrected chi connectivity index (χ1v) is 26.6. The smallest absolute Gasteiger partial charge is 0.0586 e. The van der Waals surface area contributed by atoms with Gasteiger partial charge in [0.2, 0.25) is 0 Å². The third kappa shape index (κ3) is 16.9. The Morgan fingerprint density at radius 2 is 0.323 bits per heavy atom. The Labute approximate surface area is 405 Å². The van der Waals surface area contributed by atoms with E-state index >= 15 is 0 Å². The maximum absolute atomic E-state index is 8.03. The van der Waals surface area contributed by atoms with Gasteiger partial charge in [0.1, 0.15) is 0 Å². The van der Waals surface area contributed by atoms with Crippen molar-refractivity contribution in [2.75, 3.05) is 13.2 Å². The van der Waals surface area contributed by atoms with E-state index in [2.05, 4.69) is 267 Å². The topological polar surface area (TPSA) is 9.23 Å². The van der Waals surface area contributed by atoms with Crippen LogP contribution in [0.3, 0.4) is 0 Å². The fourth-order valence-corrected chi connectivity index (χ4v) is 9.14. The number of ether oxygens (including phenoxy) is 1. The van der Waals surface area contributed by atoms with Gasteiger partial charge in [0, 0.05) is 32.5 Å². The van der Waals surface area contributed by atoms with Gasteiger partial charge in [-0.1, -0.05) is 267 Å². The molecule has 0 rings (SSSR count). The molecule has 364 valence electrons. The van der Waals surface area contributed by atoms with Crippen LogP contribution >= 0.6 is 0 Å². The Bertz CT molecular complexity index is 1280. The Morgan fingerprint density at radius 3 is 0.446 bits per heavy atom. The third-order valence-corrected chi connectivity index (χ3v) is 12.6. The lowest BCUT2D eigenvalue weighted by Gasteiger charge is -2.56. The standard InChI is InChI=1S/C64H102O/c1-15-29-43-59(44-30-16-2,45-31-17-3)63(55-41-27-13,60(46-32-18-4,47-33-19-5)48-34-20-6)57-65-58-64(56-42-28-14,61(49-35-21-7,50-36-22-8)51-37-23-9)62(52-38-24-10,53-39-25-11)54-40-26-12/h29-56H,15-28,57-58H2,1-14H3. The van der Waals surface area contributed by atoms with E-state index in [0.717, 1.165) is 89.9 Å². The lowest BCUT2D eigenvalue weighted by Crippen LogP contribution is -2.55. The van der Waals surface area contributed by atoms with Crippen LogP contribution in [-0.4, -0.2) is 13.2 Å². The van der Waals surface area contributed by atoms with E-state index in [1.54, 1.807) is 0 Å². The van der Waals surface area contributed by atoms with E-state index in [-0.39, 0.29) is 0 Å². The normalized spacial score (nSPS) is 19.5. The maximum atomic E-state index is 8.03. The fraction of sp³-hybridized carbons (Fsp3) is 0.562. The minimum Gasteiger partial charge on any atom is -0.379 e. The number of hydrogen-bond donors (Lipinski definition) is 0. The molecule has 0 aromatic heterocycles. The van der Waals surface area contributed by atoms with Crippen LogP contribution in [0.15, 0.2) is 170 Å². The molecule has 65 heavy (non-hydrogen) atoms. The SMILES string of the molecule is CCC=CC(C=CCC)(C=CCC)C(C=CCC)(COCC(C=CCC)(C(C=CCC)(C=CCC)C=CCC)C(C=CCC)(C=CCC)C=CCC)C(C=CCC)(C=CCC)C=CCC. The zero-order valence-corrected chi connectivity index (χ0v) is 44.9. The van der Waals surface area contributed by atoms with Crippen molar-refractivity contribution in [3.63, 3.8) is 0 Å². The molecule has 0 saturated heterocycles. The second-order valence-corrected chi connectivity index (χ2v) is 17.5. The third-order valence-electron chi connectivity index (χ3n) is 12.6. The highest BCUT2D eigenvalue weighted by Crippen LogP contribution is 2.62. The Hall–Kier alpha value is -3.68. The Balaban J connectivity index is 10.1. The van der Waals surface area contributed by atoms with E-state index in [1.165, 1.54) is 0 Å². The van der Waals surface area contributed by atoms with E-state index in [4.69, 9.17) is 4.74 Å². The van der Waals surface area contributed by atoms with Gasteiger partial charge in [-0.3, -0.25) is 0 Å². The van der Waals surface area contributed by atoms with Gasteiger partial charge in [0.05, 0.1) is 13.2 Å². The summed E-state index contributed by atoms with van der Waals surface area (Å²) in [6.45, 7) is 32.6. The predicted octanol–water partition coefficient (Wildman–Crippen LogP) is 20.4. The average molecular weight is 888 g/mol. The second-order valence-electron chi connectivity index (χ2n) is 17.5. The van der Waals surface area contributed by atoms with Gasteiger partial charge in [0.15, 0.2) is 0 Å². The van der Waals surface area contributed by atoms with Crippen molar-refractivity contribution >= 4 is 0 Å². The molecule has 0 fully saturated rings. The quantitative estimate of drug-likeness (QED) is 0.0570. The molecule has 0 heterocycles. The molecule has 0 aromatic carbocycles. The highest BCUT2D eigenvalue weighted by molar-refractivity contribution is 5.44. The summed E-state index contributed by atoms with van der Waals surface area (Å²) in [7, 11) is 0. The van der Waals surface area contributed by atoms with Crippen LogP contribution in [-0.2, 0) is 4.74 Å². The summed E-state index contributed by atoms with van der Waals surface area (Å²) in [6.07, 6.45) is 81.9. The second kappa shape index (κ2) is 35.5. The summed E-state index contributed by atoms with van der Waals surface area (Å²) >= 11 is 0. The lowest BCUT2D eigenvalue weighted by atomic mass is 9.48. The summed E-state index contributed by atoms with van der Waals surface area (Å²) in [6, 6.07) is 0. The Morgan fingerprint density at radius 1 is 0.200 bits per heavy atom. The van der Waals surface area contributed by atoms with Crippen LogP contribution in [0.5, 0.6) is 0 Å². The van der Waals surface area contributed by atoms with Crippen LogP contribution in [0, 0.1) is 32.5 Å². The first-order chi connectivity index (χ1) is 31.6. The summed E-state index contributed by atoms with van der Waals surface area (Å²) in [5, 5.41) is 0.